The Hall–Kier alpha value is -2.71. The van der Waals surface area contributed by atoms with Crippen LogP contribution in [0.3, 0.4) is 0 Å². The second-order valence-electron chi connectivity index (χ2n) is 6.65. The summed E-state index contributed by atoms with van der Waals surface area (Å²) in [5, 5.41) is 12.9. The fraction of sp³-hybridized carbons (Fsp3) is 0.333. The third kappa shape index (κ3) is 3.90. The molecule has 1 unspecified atom stereocenters. The van der Waals surface area contributed by atoms with E-state index in [0.717, 1.165) is 16.5 Å². The molecule has 1 aromatic carbocycles. The number of carbonyl (C=O) groups excluding carboxylic acids is 2. The Balaban J connectivity index is 2.18. The number of hydrogen-bond acceptors (Lipinski definition) is 6. The van der Waals surface area contributed by atoms with E-state index < -0.39 is 29.3 Å². The minimum Gasteiger partial charge on any atom is -0.507 e. The molecule has 8 heteroatoms. The summed E-state index contributed by atoms with van der Waals surface area (Å²) in [6.45, 7) is 2.60. The Labute approximate surface area is 172 Å². The average molecular weight is 419 g/mol. The van der Waals surface area contributed by atoms with Crippen molar-refractivity contribution >= 4 is 28.8 Å². The summed E-state index contributed by atoms with van der Waals surface area (Å²) in [6, 6.07) is 4.78. The van der Waals surface area contributed by atoms with Crippen LogP contribution in [0, 0.1) is 12.7 Å². The number of aliphatic hydroxyl groups is 1. The van der Waals surface area contributed by atoms with Crippen molar-refractivity contribution in [2.75, 3.05) is 27.4 Å². The van der Waals surface area contributed by atoms with Crippen LogP contribution in [-0.4, -0.2) is 49.1 Å². The molecule has 1 amide bonds. The summed E-state index contributed by atoms with van der Waals surface area (Å²) >= 11 is 1.40. The fourth-order valence-electron chi connectivity index (χ4n) is 3.44. The predicted octanol–water partition coefficient (Wildman–Crippen LogP) is 3.66. The molecular weight excluding hydrogens is 397 g/mol. The number of ether oxygens (including phenoxy) is 2. The van der Waals surface area contributed by atoms with Crippen LogP contribution < -0.4 is 4.74 Å². The topological polar surface area (TPSA) is 76.1 Å². The Kier molecular flexibility index (Phi) is 6.34. The van der Waals surface area contributed by atoms with E-state index in [-0.39, 0.29) is 23.4 Å². The average Bonchev–Trinajstić information content (AvgIpc) is 3.23. The Morgan fingerprint density at radius 1 is 1.28 bits per heavy atom. The van der Waals surface area contributed by atoms with E-state index in [1.165, 1.54) is 35.5 Å². The van der Waals surface area contributed by atoms with E-state index in [1.807, 2.05) is 18.4 Å². The van der Waals surface area contributed by atoms with Gasteiger partial charge in [0.1, 0.15) is 17.3 Å². The van der Waals surface area contributed by atoms with Crippen LogP contribution >= 0.6 is 11.3 Å². The number of aliphatic hydroxyl groups excluding tert-OH is 1. The Morgan fingerprint density at radius 3 is 2.66 bits per heavy atom. The smallest absolute Gasteiger partial charge is 0.295 e. The van der Waals surface area contributed by atoms with E-state index in [2.05, 4.69) is 0 Å². The zero-order valence-corrected chi connectivity index (χ0v) is 17.2. The van der Waals surface area contributed by atoms with Gasteiger partial charge in [0.25, 0.3) is 11.7 Å². The van der Waals surface area contributed by atoms with E-state index in [4.69, 9.17) is 9.47 Å². The lowest BCUT2D eigenvalue weighted by Crippen LogP contribution is -2.31. The van der Waals surface area contributed by atoms with Gasteiger partial charge in [0, 0.05) is 25.1 Å². The molecule has 6 nitrogen and oxygen atoms in total. The lowest BCUT2D eigenvalue weighted by molar-refractivity contribution is -0.140. The van der Waals surface area contributed by atoms with Crippen LogP contribution in [0.15, 0.2) is 35.2 Å². The summed E-state index contributed by atoms with van der Waals surface area (Å²) in [5.41, 5.74) is 0.860. The first-order chi connectivity index (χ1) is 13.9. The second kappa shape index (κ2) is 8.75. The molecule has 3 rings (SSSR count). The third-order valence-electron chi connectivity index (χ3n) is 4.85. The number of ketones is 1. The molecule has 154 valence electrons. The Bertz CT molecular complexity index is 968. The van der Waals surface area contributed by atoms with Crippen LogP contribution in [0.25, 0.3) is 5.76 Å². The molecule has 0 radical (unpaired) electrons. The summed E-state index contributed by atoms with van der Waals surface area (Å²) in [6.07, 6.45) is 0.535. The molecule has 0 saturated carbocycles. The number of likely N-dealkylation sites (tertiary alicyclic amines) is 1. The van der Waals surface area contributed by atoms with E-state index >= 15 is 0 Å². The minimum absolute atomic E-state index is 0.0293. The fourth-order valence-corrected chi connectivity index (χ4v) is 4.48. The van der Waals surface area contributed by atoms with Crippen LogP contribution in [0.1, 0.15) is 28.5 Å². The van der Waals surface area contributed by atoms with Gasteiger partial charge < -0.3 is 19.5 Å². The highest BCUT2D eigenvalue weighted by molar-refractivity contribution is 7.10. The normalized spacial score (nSPS) is 18.5. The van der Waals surface area contributed by atoms with Gasteiger partial charge in [-0.1, -0.05) is 0 Å². The molecule has 1 aromatic heterocycles. The number of hydrogen-bond donors (Lipinski definition) is 1. The second-order valence-corrected chi connectivity index (χ2v) is 7.60. The number of aryl methyl sites for hydroxylation is 1. The number of halogens is 1. The zero-order valence-electron chi connectivity index (χ0n) is 16.4. The first kappa shape index (κ1) is 21.0. The monoisotopic (exact) mass is 419 g/mol. The number of Topliss-reactive ketones (excluding diaryl/α,β-unsaturated/α-hetero) is 1. The highest BCUT2D eigenvalue weighted by Gasteiger charge is 2.47. The summed E-state index contributed by atoms with van der Waals surface area (Å²) in [5.74, 6) is -2.34. The van der Waals surface area contributed by atoms with Crippen molar-refractivity contribution in [3.63, 3.8) is 0 Å². The highest BCUT2D eigenvalue weighted by Crippen LogP contribution is 2.43. The van der Waals surface area contributed by atoms with Crippen LogP contribution in [0.2, 0.25) is 0 Å². The van der Waals surface area contributed by atoms with Crippen molar-refractivity contribution in [3.05, 3.63) is 57.0 Å². The molecule has 1 aliphatic heterocycles. The number of methoxy groups -OCH3 is 2. The van der Waals surface area contributed by atoms with Crippen molar-refractivity contribution in [1.82, 2.24) is 4.90 Å². The van der Waals surface area contributed by atoms with E-state index in [1.54, 1.807) is 7.11 Å². The number of thiophene rings is 1. The van der Waals surface area contributed by atoms with Gasteiger partial charge in [0.2, 0.25) is 0 Å². The first-order valence-corrected chi connectivity index (χ1v) is 9.94. The van der Waals surface area contributed by atoms with Crippen molar-refractivity contribution in [3.8, 4) is 5.75 Å². The molecule has 2 heterocycles. The molecule has 1 saturated heterocycles. The third-order valence-corrected chi connectivity index (χ3v) is 5.93. The van der Waals surface area contributed by atoms with Gasteiger partial charge in [-0.25, -0.2) is 4.39 Å². The van der Waals surface area contributed by atoms with Crippen molar-refractivity contribution in [2.45, 2.75) is 19.4 Å². The van der Waals surface area contributed by atoms with Gasteiger partial charge in [-0.2, -0.15) is 0 Å². The Morgan fingerprint density at radius 2 is 2.03 bits per heavy atom. The number of rotatable bonds is 7. The lowest BCUT2D eigenvalue weighted by atomic mass is 9.98. The standard InChI is InChI=1S/C21H22FNO5S/c1-12-7-10-29-20(12)17-16(19(25)21(26)23(17)8-4-9-27-2)18(24)14-11-13(22)5-6-15(14)28-3/h5-7,10-11,17,24H,4,8-9H2,1-3H3/b18-16+. The van der Waals surface area contributed by atoms with Crippen molar-refractivity contribution < 1.29 is 28.6 Å². The molecule has 1 fully saturated rings. The number of carbonyl (C=O) groups is 2. The van der Waals surface area contributed by atoms with Crippen molar-refractivity contribution in [1.29, 1.82) is 0 Å². The molecule has 1 aliphatic rings. The van der Waals surface area contributed by atoms with Gasteiger partial charge in [-0.15, -0.1) is 11.3 Å². The molecule has 1 atom stereocenters. The number of amides is 1. The van der Waals surface area contributed by atoms with Crippen molar-refractivity contribution in [2.24, 2.45) is 0 Å². The van der Waals surface area contributed by atoms with Gasteiger partial charge in [0.05, 0.1) is 24.3 Å². The van der Waals surface area contributed by atoms with E-state index in [0.29, 0.717) is 13.0 Å². The molecule has 2 aromatic rings. The van der Waals surface area contributed by atoms with Crippen LogP contribution in [0.5, 0.6) is 5.75 Å². The van der Waals surface area contributed by atoms with E-state index in [9.17, 15) is 19.1 Å². The quantitative estimate of drug-likeness (QED) is 0.321. The first-order valence-electron chi connectivity index (χ1n) is 9.06. The highest BCUT2D eigenvalue weighted by atomic mass is 32.1. The van der Waals surface area contributed by atoms with Gasteiger partial charge in [-0.3, -0.25) is 9.59 Å². The maximum absolute atomic E-state index is 13.9. The van der Waals surface area contributed by atoms with Crippen LogP contribution in [0.4, 0.5) is 4.39 Å². The molecule has 29 heavy (non-hydrogen) atoms. The summed E-state index contributed by atoms with van der Waals surface area (Å²) in [7, 11) is 2.94. The summed E-state index contributed by atoms with van der Waals surface area (Å²) < 4.78 is 24.1. The molecule has 1 N–H and O–H groups in total. The maximum Gasteiger partial charge on any atom is 0.295 e. The maximum atomic E-state index is 13.9. The zero-order chi connectivity index (χ0) is 21.1. The SMILES string of the molecule is COCCCN1C(=O)C(=O)/C(=C(/O)c2cc(F)ccc2OC)C1c1sccc1C. The molecule has 0 spiro atoms. The largest absolute Gasteiger partial charge is 0.507 e. The van der Waals surface area contributed by atoms with Gasteiger partial charge in [-0.05, 0) is 48.6 Å². The van der Waals surface area contributed by atoms with Gasteiger partial charge in [0.15, 0.2) is 0 Å². The summed E-state index contributed by atoms with van der Waals surface area (Å²) in [4.78, 5) is 27.9. The molecule has 0 aliphatic carbocycles. The molecule has 0 bridgehead atoms. The number of benzene rings is 1. The van der Waals surface area contributed by atoms with Crippen LogP contribution in [-0.2, 0) is 14.3 Å². The lowest BCUT2D eigenvalue weighted by Gasteiger charge is -2.25. The molecular formula is C21H22FNO5S. The minimum atomic E-state index is -0.802. The predicted molar refractivity (Wildman–Crippen MR) is 108 cm³/mol. The number of nitrogens with zero attached hydrogens (tertiary/aromatic N) is 1. The van der Waals surface area contributed by atoms with Gasteiger partial charge >= 0.3 is 0 Å².